The summed E-state index contributed by atoms with van der Waals surface area (Å²) in [4.78, 5) is 2.31. The first-order valence-corrected chi connectivity index (χ1v) is 6.84. The number of aliphatic hydroxyl groups excluding tert-OH is 1. The monoisotopic (exact) mass is 247 g/mol. The van der Waals surface area contributed by atoms with E-state index in [-0.39, 0.29) is 11.5 Å². The van der Waals surface area contributed by atoms with Gasteiger partial charge in [-0.3, -0.25) is 4.90 Å². The molecule has 0 radical (unpaired) electrons. The zero-order valence-electron chi connectivity index (χ0n) is 12.0. The summed E-state index contributed by atoms with van der Waals surface area (Å²) in [5.74, 6) is 0. The number of hydrogen-bond acceptors (Lipinski definition) is 2. The fourth-order valence-electron chi connectivity index (χ4n) is 2.98. The Kier molecular flexibility index (Phi) is 3.79. The highest BCUT2D eigenvalue weighted by Gasteiger charge is 2.42. The first-order valence-electron chi connectivity index (χ1n) is 6.84. The molecule has 1 aliphatic carbocycles. The molecule has 2 atom stereocenters. The summed E-state index contributed by atoms with van der Waals surface area (Å²) in [6, 6.07) is 8.79. The van der Waals surface area contributed by atoms with Gasteiger partial charge in [-0.25, -0.2) is 0 Å². The van der Waals surface area contributed by atoms with Crippen molar-refractivity contribution < 1.29 is 5.11 Å². The SMILES string of the molecule is Cc1ccccc1CN(C)C1CCC(C)(C)C1O. The van der Waals surface area contributed by atoms with Crippen LogP contribution in [0.3, 0.4) is 0 Å². The highest BCUT2D eigenvalue weighted by molar-refractivity contribution is 5.25. The van der Waals surface area contributed by atoms with E-state index in [4.69, 9.17) is 0 Å². The minimum Gasteiger partial charge on any atom is -0.391 e. The average Bonchev–Trinajstić information content (AvgIpc) is 2.58. The van der Waals surface area contributed by atoms with E-state index in [2.05, 4.69) is 57.0 Å². The van der Waals surface area contributed by atoms with Gasteiger partial charge in [0.05, 0.1) is 6.10 Å². The summed E-state index contributed by atoms with van der Waals surface area (Å²) < 4.78 is 0. The fourth-order valence-corrected chi connectivity index (χ4v) is 2.98. The highest BCUT2D eigenvalue weighted by Crippen LogP contribution is 2.39. The van der Waals surface area contributed by atoms with Crippen LogP contribution in [0, 0.1) is 12.3 Å². The van der Waals surface area contributed by atoms with Gasteiger partial charge in [-0.2, -0.15) is 0 Å². The van der Waals surface area contributed by atoms with Gasteiger partial charge in [0.25, 0.3) is 0 Å². The highest BCUT2D eigenvalue weighted by atomic mass is 16.3. The van der Waals surface area contributed by atoms with Crippen molar-refractivity contribution in [3.63, 3.8) is 0 Å². The van der Waals surface area contributed by atoms with Crippen molar-refractivity contribution in [1.29, 1.82) is 0 Å². The molecule has 2 unspecified atom stereocenters. The maximum atomic E-state index is 10.4. The van der Waals surface area contributed by atoms with Crippen molar-refractivity contribution in [2.24, 2.45) is 5.41 Å². The second kappa shape index (κ2) is 5.02. The van der Waals surface area contributed by atoms with E-state index in [9.17, 15) is 5.11 Å². The predicted molar refractivity (Wildman–Crippen MR) is 75.5 cm³/mol. The number of aryl methyl sites for hydroxylation is 1. The minimum absolute atomic E-state index is 0.0602. The molecule has 0 bridgehead atoms. The fraction of sp³-hybridized carbons (Fsp3) is 0.625. The molecule has 18 heavy (non-hydrogen) atoms. The van der Waals surface area contributed by atoms with Crippen molar-refractivity contribution in [3.8, 4) is 0 Å². The molecule has 1 fully saturated rings. The zero-order chi connectivity index (χ0) is 13.3. The Labute approximate surface area is 111 Å². The first-order chi connectivity index (χ1) is 8.42. The second-order valence-electron chi connectivity index (χ2n) is 6.38. The Morgan fingerprint density at radius 1 is 1.33 bits per heavy atom. The molecule has 0 amide bonds. The molecule has 2 rings (SSSR count). The Bertz CT molecular complexity index is 413. The lowest BCUT2D eigenvalue weighted by Gasteiger charge is -2.31. The Morgan fingerprint density at radius 2 is 2.00 bits per heavy atom. The van der Waals surface area contributed by atoms with E-state index in [1.807, 2.05) is 0 Å². The van der Waals surface area contributed by atoms with Crippen molar-refractivity contribution in [2.75, 3.05) is 7.05 Å². The van der Waals surface area contributed by atoms with Crippen LogP contribution in [0.4, 0.5) is 0 Å². The lowest BCUT2D eigenvalue weighted by molar-refractivity contribution is 0.0208. The van der Waals surface area contributed by atoms with E-state index in [0.717, 1.165) is 19.4 Å². The lowest BCUT2D eigenvalue weighted by atomic mass is 9.88. The van der Waals surface area contributed by atoms with Crippen LogP contribution < -0.4 is 0 Å². The van der Waals surface area contributed by atoms with Crippen molar-refractivity contribution >= 4 is 0 Å². The number of rotatable bonds is 3. The molecule has 0 saturated heterocycles. The van der Waals surface area contributed by atoms with Crippen molar-refractivity contribution in [3.05, 3.63) is 35.4 Å². The molecule has 0 aliphatic heterocycles. The van der Waals surface area contributed by atoms with Crippen LogP contribution in [0.1, 0.15) is 37.8 Å². The number of hydrogen-bond donors (Lipinski definition) is 1. The Balaban J connectivity index is 2.05. The van der Waals surface area contributed by atoms with Crippen LogP contribution >= 0.6 is 0 Å². The Hall–Kier alpha value is -0.860. The average molecular weight is 247 g/mol. The van der Waals surface area contributed by atoms with Gasteiger partial charge in [-0.1, -0.05) is 38.1 Å². The summed E-state index contributed by atoms with van der Waals surface area (Å²) in [6.07, 6.45) is 1.99. The van der Waals surface area contributed by atoms with E-state index >= 15 is 0 Å². The van der Waals surface area contributed by atoms with Crippen molar-refractivity contribution in [1.82, 2.24) is 4.90 Å². The number of likely N-dealkylation sites (N-methyl/N-ethyl adjacent to an activating group) is 1. The van der Waals surface area contributed by atoms with E-state index in [0.29, 0.717) is 6.04 Å². The molecule has 0 heterocycles. The number of benzene rings is 1. The molecule has 0 aromatic heterocycles. The van der Waals surface area contributed by atoms with E-state index in [1.165, 1.54) is 11.1 Å². The minimum atomic E-state index is -0.216. The van der Waals surface area contributed by atoms with Crippen LogP contribution in [-0.2, 0) is 6.54 Å². The smallest absolute Gasteiger partial charge is 0.0746 e. The molecule has 1 aliphatic rings. The molecule has 0 spiro atoms. The molecule has 2 nitrogen and oxygen atoms in total. The van der Waals surface area contributed by atoms with Gasteiger partial charge in [0.1, 0.15) is 0 Å². The molecule has 2 heteroatoms. The third-order valence-electron chi connectivity index (χ3n) is 4.50. The summed E-state index contributed by atoms with van der Waals surface area (Å²) in [5.41, 5.74) is 2.75. The summed E-state index contributed by atoms with van der Waals surface area (Å²) >= 11 is 0. The van der Waals surface area contributed by atoms with E-state index in [1.54, 1.807) is 0 Å². The summed E-state index contributed by atoms with van der Waals surface area (Å²) in [5, 5.41) is 10.4. The molecule has 1 N–H and O–H groups in total. The van der Waals surface area contributed by atoms with Gasteiger partial charge in [0, 0.05) is 12.6 Å². The van der Waals surface area contributed by atoms with Gasteiger partial charge >= 0.3 is 0 Å². The molecular formula is C16H25NO. The second-order valence-corrected chi connectivity index (χ2v) is 6.38. The van der Waals surface area contributed by atoms with Crippen LogP contribution in [0.25, 0.3) is 0 Å². The van der Waals surface area contributed by atoms with Crippen molar-refractivity contribution in [2.45, 2.75) is 52.3 Å². The standard InChI is InChI=1S/C16H25NO/c1-12-7-5-6-8-13(12)11-17(4)14-9-10-16(2,3)15(14)18/h5-8,14-15,18H,9-11H2,1-4H3. The van der Waals surface area contributed by atoms with Gasteiger partial charge in [0.2, 0.25) is 0 Å². The van der Waals surface area contributed by atoms with Crippen LogP contribution in [0.2, 0.25) is 0 Å². The summed E-state index contributed by atoms with van der Waals surface area (Å²) in [6.45, 7) is 7.40. The third-order valence-corrected chi connectivity index (χ3v) is 4.50. The normalized spacial score (nSPS) is 26.8. The van der Waals surface area contributed by atoms with Gasteiger partial charge in [-0.15, -0.1) is 0 Å². The molecule has 1 saturated carbocycles. The number of aliphatic hydroxyl groups is 1. The van der Waals surface area contributed by atoms with Gasteiger partial charge < -0.3 is 5.11 Å². The van der Waals surface area contributed by atoms with E-state index < -0.39 is 0 Å². The predicted octanol–water partition coefficient (Wildman–Crippen LogP) is 2.98. The summed E-state index contributed by atoms with van der Waals surface area (Å²) in [7, 11) is 2.13. The van der Waals surface area contributed by atoms with Crippen LogP contribution in [-0.4, -0.2) is 29.2 Å². The molecular weight excluding hydrogens is 222 g/mol. The quantitative estimate of drug-likeness (QED) is 0.887. The third kappa shape index (κ3) is 2.60. The topological polar surface area (TPSA) is 23.5 Å². The maximum absolute atomic E-state index is 10.4. The molecule has 1 aromatic carbocycles. The zero-order valence-corrected chi connectivity index (χ0v) is 12.0. The largest absolute Gasteiger partial charge is 0.391 e. The maximum Gasteiger partial charge on any atom is 0.0746 e. The first kappa shape index (κ1) is 13.6. The number of nitrogens with zero attached hydrogens (tertiary/aromatic N) is 1. The van der Waals surface area contributed by atoms with Crippen LogP contribution in [0.5, 0.6) is 0 Å². The van der Waals surface area contributed by atoms with Crippen LogP contribution in [0.15, 0.2) is 24.3 Å². The van der Waals surface area contributed by atoms with Gasteiger partial charge in [-0.05, 0) is 43.4 Å². The molecule has 100 valence electrons. The molecule has 1 aromatic rings. The lowest BCUT2D eigenvalue weighted by Crippen LogP contribution is -2.41. The Morgan fingerprint density at radius 3 is 2.56 bits per heavy atom. The van der Waals surface area contributed by atoms with Gasteiger partial charge in [0.15, 0.2) is 0 Å².